The molecule has 0 aliphatic heterocycles. The van der Waals surface area contributed by atoms with Crippen LogP contribution in [0.15, 0.2) is 25.2 Å². The summed E-state index contributed by atoms with van der Waals surface area (Å²) in [6.07, 6.45) is 5.58. The van der Waals surface area contributed by atoms with Crippen molar-refractivity contribution in [2.75, 3.05) is 0 Å². The van der Waals surface area contributed by atoms with E-state index in [1.807, 2.05) is 0 Å². The summed E-state index contributed by atoms with van der Waals surface area (Å²) in [7, 11) is 0. The van der Waals surface area contributed by atoms with Gasteiger partial charge in [0.25, 0.3) is 0 Å². The fraction of sp³-hybridized carbons (Fsp3) is 0.364. The number of allylic oxidation sites excluding steroid dienone is 1. The molecule has 1 aromatic heterocycles. The van der Waals surface area contributed by atoms with E-state index in [-0.39, 0.29) is 18.7 Å². The van der Waals surface area contributed by atoms with Gasteiger partial charge in [0.1, 0.15) is 6.04 Å². The van der Waals surface area contributed by atoms with Crippen molar-refractivity contribution in [3.05, 3.63) is 30.9 Å². The lowest BCUT2D eigenvalue weighted by Crippen LogP contribution is -2.42. The highest BCUT2D eigenvalue weighted by Crippen LogP contribution is 2.00. The highest BCUT2D eigenvalue weighted by atomic mass is 16.4. The first-order valence-electron chi connectivity index (χ1n) is 5.23. The molecule has 0 spiro atoms. The molecule has 3 N–H and O–H groups in total. The molecule has 1 atom stereocenters. The third-order valence-electron chi connectivity index (χ3n) is 2.19. The van der Waals surface area contributed by atoms with Gasteiger partial charge in [-0.2, -0.15) is 0 Å². The van der Waals surface area contributed by atoms with E-state index in [4.69, 9.17) is 5.11 Å². The number of carbonyl (C=O) groups excluding carboxylic acids is 1. The molecule has 1 aromatic rings. The second-order valence-corrected chi connectivity index (χ2v) is 3.57. The molecule has 6 heteroatoms. The van der Waals surface area contributed by atoms with Crippen molar-refractivity contribution < 1.29 is 14.7 Å². The number of nitrogens with one attached hydrogen (secondary N) is 2. The Bertz CT molecular complexity index is 387. The van der Waals surface area contributed by atoms with Gasteiger partial charge in [0.15, 0.2) is 0 Å². The lowest BCUT2D eigenvalue weighted by molar-refractivity contribution is -0.141. The number of amides is 1. The third-order valence-corrected chi connectivity index (χ3v) is 2.19. The fourth-order valence-electron chi connectivity index (χ4n) is 1.32. The molecule has 92 valence electrons. The van der Waals surface area contributed by atoms with Crippen molar-refractivity contribution in [2.45, 2.75) is 25.3 Å². The summed E-state index contributed by atoms with van der Waals surface area (Å²) >= 11 is 0. The molecule has 0 saturated heterocycles. The third kappa shape index (κ3) is 4.50. The number of rotatable bonds is 7. The Morgan fingerprint density at radius 2 is 2.41 bits per heavy atom. The van der Waals surface area contributed by atoms with E-state index in [0.717, 1.165) is 0 Å². The standard InChI is InChI=1S/C11H15N3O3/c1-2-3-4-10(15)14-9(11(16)17)5-8-6-12-7-13-8/h2,6-7,9H,1,3-5H2,(H,12,13)(H,14,15)(H,16,17). The zero-order chi connectivity index (χ0) is 12.7. The molecule has 1 heterocycles. The van der Waals surface area contributed by atoms with Crippen LogP contribution in [0, 0.1) is 0 Å². The van der Waals surface area contributed by atoms with Gasteiger partial charge in [-0.05, 0) is 6.42 Å². The monoisotopic (exact) mass is 237 g/mol. The van der Waals surface area contributed by atoms with Crippen molar-refractivity contribution in [2.24, 2.45) is 0 Å². The molecular formula is C11H15N3O3. The Morgan fingerprint density at radius 1 is 1.65 bits per heavy atom. The van der Waals surface area contributed by atoms with E-state index in [1.54, 1.807) is 6.08 Å². The first-order valence-corrected chi connectivity index (χ1v) is 5.23. The van der Waals surface area contributed by atoms with Crippen LogP contribution >= 0.6 is 0 Å². The zero-order valence-electron chi connectivity index (χ0n) is 9.35. The minimum absolute atomic E-state index is 0.190. The second kappa shape index (κ2) is 6.47. The lowest BCUT2D eigenvalue weighted by Gasteiger charge is -2.13. The number of nitrogens with zero attached hydrogens (tertiary/aromatic N) is 1. The van der Waals surface area contributed by atoms with Crippen LogP contribution in [-0.4, -0.2) is 33.0 Å². The number of carbonyl (C=O) groups is 2. The number of aromatic nitrogens is 2. The zero-order valence-corrected chi connectivity index (χ0v) is 9.35. The highest BCUT2D eigenvalue weighted by Gasteiger charge is 2.20. The minimum atomic E-state index is -1.06. The van der Waals surface area contributed by atoms with Crippen LogP contribution in [0.3, 0.4) is 0 Å². The van der Waals surface area contributed by atoms with Crippen LogP contribution in [0.2, 0.25) is 0 Å². The van der Waals surface area contributed by atoms with Gasteiger partial charge < -0.3 is 15.4 Å². The number of H-pyrrole nitrogens is 1. The van der Waals surface area contributed by atoms with Crippen LogP contribution < -0.4 is 5.32 Å². The number of aliphatic carboxylic acids is 1. The van der Waals surface area contributed by atoms with E-state index < -0.39 is 12.0 Å². The van der Waals surface area contributed by atoms with Gasteiger partial charge in [0, 0.05) is 24.7 Å². The predicted octanol–water partition coefficient (Wildman–Crippen LogP) is 0.488. The van der Waals surface area contributed by atoms with Gasteiger partial charge in [-0.25, -0.2) is 9.78 Å². The van der Waals surface area contributed by atoms with Crippen LogP contribution in [-0.2, 0) is 16.0 Å². The normalized spacial score (nSPS) is 11.8. The molecule has 0 radical (unpaired) electrons. The first kappa shape index (κ1) is 13.0. The number of hydrogen-bond acceptors (Lipinski definition) is 3. The summed E-state index contributed by atoms with van der Waals surface area (Å²) < 4.78 is 0. The van der Waals surface area contributed by atoms with E-state index in [0.29, 0.717) is 12.1 Å². The highest BCUT2D eigenvalue weighted by molar-refractivity contribution is 5.83. The molecule has 0 aliphatic rings. The Balaban J connectivity index is 2.51. The summed E-state index contributed by atoms with van der Waals surface area (Å²) in [5.41, 5.74) is 0.668. The second-order valence-electron chi connectivity index (χ2n) is 3.57. The number of carboxylic acids is 1. The molecule has 1 unspecified atom stereocenters. The maximum atomic E-state index is 11.4. The van der Waals surface area contributed by atoms with Gasteiger partial charge >= 0.3 is 5.97 Å². The molecule has 0 bridgehead atoms. The first-order chi connectivity index (χ1) is 8.13. The summed E-state index contributed by atoms with van der Waals surface area (Å²) in [4.78, 5) is 28.9. The number of imidazole rings is 1. The minimum Gasteiger partial charge on any atom is -0.480 e. The number of aromatic amines is 1. The van der Waals surface area contributed by atoms with Crippen LogP contribution in [0.4, 0.5) is 0 Å². The molecule has 0 saturated carbocycles. The summed E-state index contributed by atoms with van der Waals surface area (Å²) in [5.74, 6) is -1.36. The van der Waals surface area contributed by atoms with E-state index >= 15 is 0 Å². The summed E-state index contributed by atoms with van der Waals surface area (Å²) in [6.45, 7) is 3.50. The van der Waals surface area contributed by atoms with Crippen LogP contribution in [0.25, 0.3) is 0 Å². The van der Waals surface area contributed by atoms with Crippen molar-refractivity contribution in [3.63, 3.8) is 0 Å². The summed E-state index contributed by atoms with van der Waals surface area (Å²) in [5, 5.41) is 11.4. The largest absolute Gasteiger partial charge is 0.480 e. The van der Waals surface area contributed by atoms with E-state index in [2.05, 4.69) is 21.9 Å². The maximum absolute atomic E-state index is 11.4. The molecule has 0 aromatic carbocycles. The Kier molecular flexibility index (Phi) is 4.93. The quantitative estimate of drug-likeness (QED) is 0.601. The van der Waals surface area contributed by atoms with Gasteiger partial charge in [-0.1, -0.05) is 6.08 Å². The van der Waals surface area contributed by atoms with Crippen LogP contribution in [0.1, 0.15) is 18.5 Å². The Morgan fingerprint density at radius 3 is 2.94 bits per heavy atom. The predicted molar refractivity (Wildman–Crippen MR) is 61.3 cm³/mol. The maximum Gasteiger partial charge on any atom is 0.326 e. The summed E-state index contributed by atoms with van der Waals surface area (Å²) in [6, 6.07) is -0.937. The molecule has 0 fully saturated rings. The molecule has 6 nitrogen and oxygen atoms in total. The van der Waals surface area contributed by atoms with Crippen molar-refractivity contribution >= 4 is 11.9 Å². The molecule has 0 aliphatic carbocycles. The SMILES string of the molecule is C=CCCC(=O)NC(Cc1cnc[nH]1)C(=O)O. The van der Waals surface area contributed by atoms with Gasteiger partial charge in [0.2, 0.25) is 5.91 Å². The fourth-order valence-corrected chi connectivity index (χ4v) is 1.32. The van der Waals surface area contributed by atoms with Gasteiger partial charge in [0.05, 0.1) is 6.33 Å². The van der Waals surface area contributed by atoms with Crippen molar-refractivity contribution in [1.82, 2.24) is 15.3 Å². The van der Waals surface area contributed by atoms with E-state index in [9.17, 15) is 9.59 Å². The average molecular weight is 237 g/mol. The Hall–Kier alpha value is -2.11. The van der Waals surface area contributed by atoms with Gasteiger partial charge in [-0.3, -0.25) is 4.79 Å². The Labute approximate surface area is 98.8 Å². The molecule has 1 amide bonds. The average Bonchev–Trinajstić information content (AvgIpc) is 2.78. The van der Waals surface area contributed by atoms with Gasteiger partial charge in [-0.15, -0.1) is 6.58 Å². The molecule has 1 rings (SSSR count). The van der Waals surface area contributed by atoms with Crippen molar-refractivity contribution in [3.8, 4) is 0 Å². The number of hydrogen-bond donors (Lipinski definition) is 3. The molecule has 17 heavy (non-hydrogen) atoms. The van der Waals surface area contributed by atoms with Crippen molar-refractivity contribution in [1.29, 1.82) is 0 Å². The van der Waals surface area contributed by atoms with E-state index in [1.165, 1.54) is 12.5 Å². The smallest absolute Gasteiger partial charge is 0.326 e. The van der Waals surface area contributed by atoms with Crippen LogP contribution in [0.5, 0.6) is 0 Å². The lowest BCUT2D eigenvalue weighted by atomic mass is 10.1. The molecular weight excluding hydrogens is 222 g/mol. The topological polar surface area (TPSA) is 95.1 Å². The number of carboxylic acid groups (broad SMARTS) is 1.